The highest BCUT2D eigenvalue weighted by Gasteiger charge is 2.16. The third-order valence-corrected chi connectivity index (χ3v) is 5.54. The van der Waals surface area contributed by atoms with E-state index < -0.39 is 0 Å². The van der Waals surface area contributed by atoms with Crippen LogP contribution in [0.25, 0.3) is 11.0 Å². The molecule has 2 N–H and O–H groups in total. The number of H-pyrrole nitrogens is 2. The predicted molar refractivity (Wildman–Crippen MR) is 112 cm³/mol. The van der Waals surface area contributed by atoms with Crippen LogP contribution in [0.2, 0.25) is 5.02 Å². The SMILES string of the molecule is S=c1[nH]c2ccc(CCCN3CCN(c4ccc(Cl)cc4)CC3)cc2[nH]1. The number of aromatic amines is 2. The van der Waals surface area contributed by atoms with E-state index in [4.69, 9.17) is 23.8 Å². The van der Waals surface area contributed by atoms with Crippen molar-refractivity contribution in [2.75, 3.05) is 37.6 Å². The molecule has 0 aliphatic carbocycles. The van der Waals surface area contributed by atoms with Crippen molar-refractivity contribution >= 4 is 40.5 Å². The summed E-state index contributed by atoms with van der Waals surface area (Å²) in [5, 5.41) is 0.798. The van der Waals surface area contributed by atoms with E-state index in [2.05, 4.69) is 50.1 Å². The van der Waals surface area contributed by atoms with Crippen LogP contribution in [0, 0.1) is 4.77 Å². The number of piperazine rings is 1. The molecule has 136 valence electrons. The summed E-state index contributed by atoms with van der Waals surface area (Å²) >= 11 is 11.1. The first kappa shape index (κ1) is 17.6. The number of halogens is 1. The number of fused-ring (bicyclic) bond motifs is 1. The summed E-state index contributed by atoms with van der Waals surface area (Å²) in [6.45, 7) is 5.54. The minimum absolute atomic E-state index is 0.690. The van der Waals surface area contributed by atoms with Crippen molar-refractivity contribution in [3.8, 4) is 0 Å². The van der Waals surface area contributed by atoms with E-state index in [1.165, 1.54) is 17.7 Å². The summed E-state index contributed by atoms with van der Waals surface area (Å²) in [5.74, 6) is 0. The Morgan fingerprint density at radius 2 is 1.65 bits per heavy atom. The van der Waals surface area contributed by atoms with Crippen molar-refractivity contribution in [3.63, 3.8) is 0 Å². The molecule has 0 spiro atoms. The summed E-state index contributed by atoms with van der Waals surface area (Å²) in [4.78, 5) is 11.4. The van der Waals surface area contributed by atoms with Crippen LogP contribution in [0.3, 0.4) is 0 Å². The quantitative estimate of drug-likeness (QED) is 0.627. The van der Waals surface area contributed by atoms with Crippen molar-refractivity contribution in [2.45, 2.75) is 12.8 Å². The minimum Gasteiger partial charge on any atom is -0.369 e. The molecule has 1 aliphatic heterocycles. The van der Waals surface area contributed by atoms with Crippen LogP contribution in [-0.4, -0.2) is 47.6 Å². The average Bonchev–Trinajstić information content (AvgIpc) is 3.02. The number of hydrogen-bond acceptors (Lipinski definition) is 3. The zero-order valence-corrected chi connectivity index (χ0v) is 16.2. The number of anilines is 1. The lowest BCUT2D eigenvalue weighted by atomic mass is 10.1. The predicted octanol–water partition coefficient (Wildman–Crippen LogP) is 4.63. The van der Waals surface area contributed by atoms with E-state index in [1.807, 2.05) is 12.1 Å². The van der Waals surface area contributed by atoms with Gasteiger partial charge >= 0.3 is 0 Å². The van der Waals surface area contributed by atoms with Gasteiger partial charge in [-0.25, -0.2) is 0 Å². The third-order valence-electron chi connectivity index (χ3n) is 5.08. The summed E-state index contributed by atoms with van der Waals surface area (Å²) in [5.41, 5.74) is 4.81. The van der Waals surface area contributed by atoms with Crippen LogP contribution in [-0.2, 0) is 6.42 Å². The number of aryl methyl sites for hydroxylation is 1. The van der Waals surface area contributed by atoms with Gasteiger partial charge in [0, 0.05) is 36.9 Å². The van der Waals surface area contributed by atoms with E-state index in [1.54, 1.807) is 0 Å². The van der Waals surface area contributed by atoms with Gasteiger partial charge < -0.3 is 14.9 Å². The van der Waals surface area contributed by atoms with Crippen molar-refractivity contribution in [3.05, 3.63) is 57.8 Å². The molecule has 0 amide bonds. The topological polar surface area (TPSA) is 38.1 Å². The Balaban J connectivity index is 1.25. The molecule has 6 heteroatoms. The van der Waals surface area contributed by atoms with Gasteiger partial charge in [0.1, 0.15) is 0 Å². The van der Waals surface area contributed by atoms with Gasteiger partial charge in [0.15, 0.2) is 4.77 Å². The van der Waals surface area contributed by atoms with E-state index in [-0.39, 0.29) is 0 Å². The molecule has 4 rings (SSSR count). The third kappa shape index (κ3) is 4.11. The van der Waals surface area contributed by atoms with Crippen molar-refractivity contribution in [1.82, 2.24) is 14.9 Å². The van der Waals surface area contributed by atoms with Crippen LogP contribution in [0.4, 0.5) is 5.69 Å². The van der Waals surface area contributed by atoms with Gasteiger partial charge in [-0.1, -0.05) is 17.7 Å². The number of aromatic nitrogens is 2. The summed E-state index contributed by atoms with van der Waals surface area (Å²) in [6, 6.07) is 14.7. The molecular formula is C20H23ClN4S. The number of nitrogens with zero attached hydrogens (tertiary/aromatic N) is 2. The maximum Gasteiger partial charge on any atom is 0.175 e. The fourth-order valence-corrected chi connectivity index (χ4v) is 3.97. The fraction of sp³-hybridized carbons (Fsp3) is 0.350. The van der Waals surface area contributed by atoms with Crippen LogP contribution < -0.4 is 4.90 Å². The number of imidazole rings is 1. The van der Waals surface area contributed by atoms with Gasteiger partial charge in [0.2, 0.25) is 0 Å². The molecule has 1 aromatic heterocycles. The Labute approximate surface area is 163 Å². The molecule has 0 saturated carbocycles. The second-order valence-electron chi connectivity index (χ2n) is 6.87. The lowest BCUT2D eigenvalue weighted by Crippen LogP contribution is -2.46. The molecule has 0 atom stereocenters. The maximum atomic E-state index is 5.98. The molecule has 4 nitrogen and oxygen atoms in total. The highest BCUT2D eigenvalue weighted by Crippen LogP contribution is 2.20. The minimum atomic E-state index is 0.690. The molecule has 1 aliphatic rings. The summed E-state index contributed by atoms with van der Waals surface area (Å²) < 4.78 is 0.690. The van der Waals surface area contributed by atoms with Crippen LogP contribution in [0.1, 0.15) is 12.0 Å². The lowest BCUT2D eigenvalue weighted by Gasteiger charge is -2.36. The summed E-state index contributed by atoms with van der Waals surface area (Å²) in [7, 11) is 0. The van der Waals surface area contributed by atoms with Crippen molar-refractivity contribution in [2.24, 2.45) is 0 Å². The standard InChI is InChI=1S/C20H23ClN4S/c21-16-4-6-17(7-5-16)25-12-10-24(11-13-25)9-1-2-15-3-8-18-19(14-15)23-20(26)22-18/h3-8,14H,1-2,9-13H2,(H2,22,23,26). The van der Waals surface area contributed by atoms with Crippen LogP contribution >= 0.6 is 23.8 Å². The molecule has 1 fully saturated rings. The van der Waals surface area contributed by atoms with Crippen LogP contribution in [0.5, 0.6) is 0 Å². The first-order valence-electron chi connectivity index (χ1n) is 9.11. The van der Waals surface area contributed by atoms with Gasteiger partial charge in [-0.3, -0.25) is 4.90 Å². The highest BCUT2D eigenvalue weighted by molar-refractivity contribution is 7.71. The Bertz CT molecular complexity index is 923. The molecule has 26 heavy (non-hydrogen) atoms. The summed E-state index contributed by atoms with van der Waals surface area (Å²) in [6.07, 6.45) is 2.27. The smallest absolute Gasteiger partial charge is 0.175 e. The normalized spacial score (nSPS) is 15.7. The van der Waals surface area contributed by atoms with E-state index in [0.29, 0.717) is 4.77 Å². The molecule has 3 aromatic rings. The van der Waals surface area contributed by atoms with Gasteiger partial charge in [0.05, 0.1) is 11.0 Å². The first-order valence-corrected chi connectivity index (χ1v) is 9.90. The molecule has 2 heterocycles. The molecular weight excluding hydrogens is 364 g/mol. The zero-order chi connectivity index (χ0) is 17.9. The van der Waals surface area contributed by atoms with Crippen LogP contribution in [0.15, 0.2) is 42.5 Å². The van der Waals surface area contributed by atoms with Gasteiger partial charge in [-0.2, -0.15) is 0 Å². The van der Waals surface area contributed by atoms with Crippen molar-refractivity contribution in [1.29, 1.82) is 0 Å². The largest absolute Gasteiger partial charge is 0.369 e. The molecule has 0 unspecified atom stereocenters. The molecule has 0 bridgehead atoms. The van der Waals surface area contributed by atoms with Gasteiger partial charge in [-0.15, -0.1) is 0 Å². The first-order chi connectivity index (χ1) is 12.7. The highest BCUT2D eigenvalue weighted by atomic mass is 35.5. The maximum absolute atomic E-state index is 5.98. The molecule has 1 saturated heterocycles. The molecule has 2 aromatic carbocycles. The second-order valence-corrected chi connectivity index (χ2v) is 7.71. The second kappa shape index (κ2) is 7.82. The van der Waals surface area contributed by atoms with E-state index in [0.717, 1.165) is 55.2 Å². The number of nitrogens with one attached hydrogen (secondary N) is 2. The van der Waals surface area contributed by atoms with Gasteiger partial charge in [0.25, 0.3) is 0 Å². The Morgan fingerprint density at radius 3 is 2.42 bits per heavy atom. The number of hydrogen-bond donors (Lipinski definition) is 2. The Kier molecular flexibility index (Phi) is 5.29. The lowest BCUT2D eigenvalue weighted by molar-refractivity contribution is 0.255. The Hall–Kier alpha value is -1.82. The van der Waals surface area contributed by atoms with E-state index in [9.17, 15) is 0 Å². The monoisotopic (exact) mass is 386 g/mol. The fourth-order valence-electron chi connectivity index (χ4n) is 3.62. The Morgan fingerprint density at radius 1 is 0.923 bits per heavy atom. The molecule has 0 radical (unpaired) electrons. The van der Waals surface area contributed by atoms with Gasteiger partial charge in [-0.05, 0) is 73.6 Å². The van der Waals surface area contributed by atoms with E-state index >= 15 is 0 Å². The zero-order valence-electron chi connectivity index (χ0n) is 14.7. The number of rotatable bonds is 5. The average molecular weight is 387 g/mol. The number of benzene rings is 2. The van der Waals surface area contributed by atoms with Crippen molar-refractivity contribution < 1.29 is 0 Å².